The molecule has 0 saturated heterocycles. The van der Waals surface area contributed by atoms with E-state index in [4.69, 9.17) is 14.6 Å². The summed E-state index contributed by atoms with van der Waals surface area (Å²) in [4.78, 5) is 10.2. The first-order valence-electron chi connectivity index (χ1n) is 6.44. The third-order valence-corrected chi connectivity index (χ3v) is 2.92. The second-order valence-corrected chi connectivity index (χ2v) is 4.54. The minimum absolute atomic E-state index is 0.0968. The number of allylic oxidation sites excluding steroid dienone is 3. The van der Waals surface area contributed by atoms with E-state index in [-0.39, 0.29) is 18.3 Å². The molecule has 7 heteroatoms. The summed E-state index contributed by atoms with van der Waals surface area (Å²) in [5.41, 5.74) is -0.365. The fraction of sp³-hybridized carbons (Fsp3) is 0.267. The number of halogens is 3. The lowest BCUT2D eigenvalue weighted by atomic mass is 10.0. The summed E-state index contributed by atoms with van der Waals surface area (Å²) < 4.78 is 48.8. The van der Waals surface area contributed by atoms with Crippen LogP contribution in [0.15, 0.2) is 36.4 Å². The molecule has 0 bridgehead atoms. The fourth-order valence-electron chi connectivity index (χ4n) is 1.98. The van der Waals surface area contributed by atoms with Crippen molar-refractivity contribution in [1.29, 1.82) is 0 Å². The molecule has 0 atom stereocenters. The highest BCUT2D eigenvalue weighted by atomic mass is 19.4. The summed E-state index contributed by atoms with van der Waals surface area (Å²) >= 11 is 0. The predicted molar refractivity (Wildman–Crippen MR) is 71.8 cm³/mol. The molecule has 22 heavy (non-hydrogen) atoms. The van der Waals surface area contributed by atoms with Crippen LogP contribution in [0.25, 0.3) is 0 Å². The smallest absolute Gasteiger partial charge is 0.420 e. The molecular formula is C15H13F3O4. The van der Waals surface area contributed by atoms with Crippen molar-refractivity contribution in [2.45, 2.75) is 19.0 Å². The molecule has 0 unspecified atom stereocenters. The third kappa shape index (κ3) is 4.03. The molecule has 0 radical (unpaired) electrons. The van der Waals surface area contributed by atoms with Gasteiger partial charge in [-0.05, 0) is 30.5 Å². The molecular weight excluding hydrogens is 301 g/mol. The van der Waals surface area contributed by atoms with E-state index in [0.29, 0.717) is 18.4 Å². The summed E-state index contributed by atoms with van der Waals surface area (Å²) in [6.45, 7) is -0.220. The molecule has 0 saturated carbocycles. The van der Waals surface area contributed by atoms with Gasteiger partial charge in [0.15, 0.2) is 11.5 Å². The number of fused-ring (bicyclic) bond motifs is 1. The van der Waals surface area contributed by atoms with E-state index in [1.807, 2.05) is 0 Å². The van der Waals surface area contributed by atoms with Gasteiger partial charge >= 0.3 is 12.1 Å². The van der Waals surface area contributed by atoms with Crippen molar-refractivity contribution >= 4 is 5.97 Å². The van der Waals surface area contributed by atoms with Crippen molar-refractivity contribution in [2.75, 3.05) is 6.79 Å². The number of carboxylic acids is 1. The highest BCUT2D eigenvalue weighted by Crippen LogP contribution is 2.44. The van der Waals surface area contributed by atoms with E-state index in [1.54, 1.807) is 6.08 Å². The summed E-state index contributed by atoms with van der Waals surface area (Å²) in [5.74, 6) is -1.23. The SMILES string of the molecule is O=C(O)/C=C/C=C/CCc1cc2c(c(C(F)(F)F)c1)OCO2. The minimum Gasteiger partial charge on any atom is -0.478 e. The third-order valence-electron chi connectivity index (χ3n) is 2.92. The molecule has 2 rings (SSSR count). The standard InChI is InChI=1S/C15H13F3O4/c16-15(17,18)11-7-10(8-12-14(11)22-9-21-12)5-3-1-2-4-6-13(19)20/h1-2,4,6-8H,3,5,9H2,(H,19,20)/b2-1+,6-4+. The molecule has 1 aliphatic heterocycles. The van der Waals surface area contributed by atoms with Gasteiger partial charge in [0, 0.05) is 6.08 Å². The van der Waals surface area contributed by atoms with Crippen molar-refractivity contribution in [3.05, 3.63) is 47.6 Å². The second kappa shape index (κ2) is 6.55. The van der Waals surface area contributed by atoms with Crippen molar-refractivity contribution in [2.24, 2.45) is 0 Å². The molecule has 1 aromatic carbocycles. The van der Waals surface area contributed by atoms with Crippen LogP contribution in [0.4, 0.5) is 13.2 Å². The van der Waals surface area contributed by atoms with Gasteiger partial charge in [-0.3, -0.25) is 0 Å². The maximum Gasteiger partial charge on any atom is 0.420 e. The highest BCUT2D eigenvalue weighted by Gasteiger charge is 2.38. The Balaban J connectivity index is 2.08. The van der Waals surface area contributed by atoms with Crippen LogP contribution in [0, 0.1) is 0 Å². The summed E-state index contributed by atoms with van der Waals surface area (Å²) in [6, 6.07) is 2.58. The Kier molecular flexibility index (Phi) is 4.75. The number of carboxylic acid groups (broad SMARTS) is 1. The van der Waals surface area contributed by atoms with Gasteiger partial charge in [0.25, 0.3) is 0 Å². The van der Waals surface area contributed by atoms with Crippen LogP contribution in [0.3, 0.4) is 0 Å². The van der Waals surface area contributed by atoms with Crippen LogP contribution in [0.1, 0.15) is 17.5 Å². The monoisotopic (exact) mass is 314 g/mol. The minimum atomic E-state index is -4.51. The number of rotatable bonds is 5. The molecule has 0 amide bonds. The fourth-order valence-corrected chi connectivity index (χ4v) is 1.98. The number of aryl methyl sites for hydroxylation is 1. The van der Waals surface area contributed by atoms with Gasteiger partial charge in [-0.15, -0.1) is 0 Å². The number of ether oxygens (including phenoxy) is 2. The maximum absolute atomic E-state index is 13.0. The first-order valence-corrected chi connectivity index (χ1v) is 6.44. The maximum atomic E-state index is 13.0. The molecule has 0 aliphatic carbocycles. The molecule has 1 aliphatic rings. The van der Waals surface area contributed by atoms with E-state index in [0.717, 1.165) is 12.1 Å². The van der Waals surface area contributed by atoms with Crippen molar-refractivity contribution < 1.29 is 32.5 Å². The Morgan fingerprint density at radius 1 is 1.27 bits per heavy atom. The lowest BCUT2D eigenvalue weighted by molar-refractivity contribution is -0.138. The van der Waals surface area contributed by atoms with Crippen LogP contribution < -0.4 is 9.47 Å². The Hall–Kier alpha value is -2.44. The van der Waals surface area contributed by atoms with Crippen LogP contribution in [0.5, 0.6) is 11.5 Å². The number of benzene rings is 1. The van der Waals surface area contributed by atoms with Crippen molar-refractivity contribution in [1.82, 2.24) is 0 Å². The molecule has 0 aromatic heterocycles. The summed E-state index contributed by atoms with van der Waals surface area (Å²) in [7, 11) is 0. The van der Waals surface area contributed by atoms with E-state index in [1.165, 1.54) is 18.2 Å². The zero-order chi connectivity index (χ0) is 16.2. The highest BCUT2D eigenvalue weighted by molar-refractivity contribution is 5.80. The summed E-state index contributed by atoms with van der Waals surface area (Å²) in [5, 5.41) is 8.39. The Morgan fingerprint density at radius 2 is 2.05 bits per heavy atom. The molecule has 118 valence electrons. The van der Waals surface area contributed by atoms with Crippen LogP contribution in [-0.2, 0) is 17.4 Å². The lowest BCUT2D eigenvalue weighted by Gasteiger charge is -2.11. The van der Waals surface area contributed by atoms with Gasteiger partial charge in [-0.1, -0.05) is 18.2 Å². The predicted octanol–water partition coefficient (Wildman–Crippen LogP) is 3.56. The van der Waals surface area contributed by atoms with E-state index in [9.17, 15) is 18.0 Å². The van der Waals surface area contributed by atoms with Crippen LogP contribution >= 0.6 is 0 Å². The van der Waals surface area contributed by atoms with Gasteiger partial charge in [0.1, 0.15) is 5.56 Å². The quantitative estimate of drug-likeness (QED) is 0.667. The first-order chi connectivity index (χ1) is 10.4. The van der Waals surface area contributed by atoms with Crippen molar-refractivity contribution in [3.8, 4) is 11.5 Å². The molecule has 0 spiro atoms. The average molecular weight is 314 g/mol. The summed E-state index contributed by atoms with van der Waals surface area (Å²) in [6.07, 6.45) is 1.87. The second-order valence-electron chi connectivity index (χ2n) is 4.54. The van der Waals surface area contributed by atoms with Gasteiger partial charge < -0.3 is 14.6 Å². The molecule has 4 nitrogen and oxygen atoms in total. The van der Waals surface area contributed by atoms with Gasteiger partial charge in [0.2, 0.25) is 6.79 Å². The van der Waals surface area contributed by atoms with Crippen molar-refractivity contribution in [3.63, 3.8) is 0 Å². The molecule has 1 N–H and O–H groups in total. The average Bonchev–Trinajstić information content (AvgIpc) is 2.88. The molecule has 1 heterocycles. The van der Waals surface area contributed by atoms with E-state index >= 15 is 0 Å². The topological polar surface area (TPSA) is 55.8 Å². The Bertz CT molecular complexity index is 618. The lowest BCUT2D eigenvalue weighted by Crippen LogP contribution is -2.07. The largest absolute Gasteiger partial charge is 0.478 e. The zero-order valence-corrected chi connectivity index (χ0v) is 11.4. The Labute approximate surface area is 124 Å². The number of carbonyl (C=O) groups is 1. The van der Waals surface area contributed by atoms with Crippen LogP contribution in [-0.4, -0.2) is 17.9 Å². The first kappa shape index (κ1) is 15.9. The number of alkyl halides is 3. The number of hydrogen-bond donors (Lipinski definition) is 1. The van der Waals surface area contributed by atoms with Gasteiger partial charge in [0.05, 0.1) is 0 Å². The van der Waals surface area contributed by atoms with E-state index < -0.39 is 17.7 Å². The molecule has 1 aromatic rings. The van der Waals surface area contributed by atoms with Gasteiger partial charge in [-0.2, -0.15) is 13.2 Å². The molecule has 0 fully saturated rings. The Morgan fingerprint density at radius 3 is 2.73 bits per heavy atom. The van der Waals surface area contributed by atoms with Gasteiger partial charge in [-0.25, -0.2) is 4.79 Å². The number of hydrogen-bond acceptors (Lipinski definition) is 3. The van der Waals surface area contributed by atoms with Crippen LogP contribution in [0.2, 0.25) is 0 Å². The number of aliphatic carboxylic acids is 1. The van der Waals surface area contributed by atoms with E-state index in [2.05, 4.69) is 0 Å². The zero-order valence-electron chi connectivity index (χ0n) is 11.4. The normalized spacial score (nSPS) is 14.1.